The van der Waals surface area contributed by atoms with Crippen molar-refractivity contribution in [1.82, 2.24) is 15.8 Å². The number of hydrogen-bond donors (Lipinski definition) is 3. The number of aromatic nitrogens is 1. The summed E-state index contributed by atoms with van der Waals surface area (Å²) in [7, 11) is 0. The number of thioether (sulfide) groups is 1. The van der Waals surface area contributed by atoms with Crippen molar-refractivity contribution in [2.75, 3.05) is 24.6 Å². The Morgan fingerprint density at radius 2 is 2.36 bits per heavy atom. The largest absolute Gasteiger partial charge is 0.387 e. The quantitative estimate of drug-likeness (QED) is 0.545. The first-order valence-corrected chi connectivity index (χ1v) is 8.95. The number of nitrogens with zero attached hydrogens (tertiary/aromatic N) is 2. The molecule has 0 radical (unpaired) electrons. The number of aliphatic hydroxyl groups is 1. The third kappa shape index (κ3) is 4.91. The first-order chi connectivity index (χ1) is 10.5. The molecule has 1 aromatic rings. The van der Waals surface area contributed by atoms with Crippen LogP contribution in [0.2, 0.25) is 0 Å². The van der Waals surface area contributed by atoms with Crippen molar-refractivity contribution >= 4 is 17.7 Å². The van der Waals surface area contributed by atoms with Crippen LogP contribution in [0.15, 0.2) is 15.6 Å². The highest BCUT2D eigenvalue weighted by atomic mass is 32.2. The number of guanidine groups is 1. The van der Waals surface area contributed by atoms with Gasteiger partial charge in [-0.15, -0.1) is 0 Å². The van der Waals surface area contributed by atoms with E-state index < -0.39 is 5.60 Å². The highest BCUT2D eigenvalue weighted by molar-refractivity contribution is 7.99. The Morgan fingerprint density at radius 1 is 1.55 bits per heavy atom. The lowest BCUT2D eigenvalue weighted by Crippen LogP contribution is -2.47. The van der Waals surface area contributed by atoms with Crippen LogP contribution in [0.1, 0.15) is 44.6 Å². The highest BCUT2D eigenvalue weighted by Gasteiger charge is 2.31. The van der Waals surface area contributed by atoms with Gasteiger partial charge < -0.3 is 20.3 Å². The molecule has 0 aromatic carbocycles. The maximum atomic E-state index is 10.4. The molecule has 0 aliphatic carbocycles. The Morgan fingerprint density at radius 3 is 2.95 bits per heavy atom. The van der Waals surface area contributed by atoms with Crippen LogP contribution in [0, 0.1) is 0 Å². The lowest BCUT2D eigenvalue weighted by Gasteiger charge is -2.23. The standard InChI is InChI=1S/C15H26N4O2S/c1-4-16-14(18-9-15(20)5-6-22-10-15)17-8-12-7-13(11(2)3)19-21-12/h7,11,20H,4-6,8-10H2,1-3H3,(H2,16,17,18). The molecule has 0 bridgehead atoms. The van der Waals surface area contributed by atoms with E-state index in [9.17, 15) is 5.11 Å². The van der Waals surface area contributed by atoms with Gasteiger partial charge in [0.05, 0.1) is 11.3 Å². The molecule has 0 saturated carbocycles. The zero-order chi connectivity index (χ0) is 16.0. The molecule has 1 saturated heterocycles. The van der Waals surface area contributed by atoms with Gasteiger partial charge in [0.25, 0.3) is 0 Å². The zero-order valence-corrected chi connectivity index (χ0v) is 14.4. The summed E-state index contributed by atoms with van der Waals surface area (Å²) >= 11 is 1.79. The summed E-state index contributed by atoms with van der Waals surface area (Å²) in [6.07, 6.45) is 0.823. The average molecular weight is 326 g/mol. The van der Waals surface area contributed by atoms with E-state index >= 15 is 0 Å². The van der Waals surface area contributed by atoms with E-state index in [0.717, 1.165) is 35.9 Å². The van der Waals surface area contributed by atoms with Gasteiger partial charge in [-0.05, 0) is 25.0 Å². The summed E-state index contributed by atoms with van der Waals surface area (Å²) in [6, 6.07) is 1.94. The minimum absolute atomic E-state index is 0.349. The van der Waals surface area contributed by atoms with Gasteiger partial charge in [-0.3, -0.25) is 0 Å². The molecule has 1 fully saturated rings. The summed E-state index contributed by atoms with van der Waals surface area (Å²) in [5.74, 6) is 3.58. The third-order valence-electron chi connectivity index (χ3n) is 3.57. The van der Waals surface area contributed by atoms with Crippen molar-refractivity contribution in [2.24, 2.45) is 4.99 Å². The van der Waals surface area contributed by atoms with Gasteiger partial charge in [0, 0.05) is 24.9 Å². The Hall–Kier alpha value is -1.21. The molecular formula is C15H26N4O2S. The van der Waals surface area contributed by atoms with Crippen LogP contribution in [0.3, 0.4) is 0 Å². The second-order valence-corrected chi connectivity index (χ2v) is 7.05. The fourth-order valence-electron chi connectivity index (χ4n) is 2.16. The molecule has 2 rings (SSSR count). The van der Waals surface area contributed by atoms with Gasteiger partial charge in [0.1, 0.15) is 6.54 Å². The lowest BCUT2D eigenvalue weighted by molar-refractivity contribution is 0.0724. The van der Waals surface area contributed by atoms with Crippen LogP contribution >= 0.6 is 11.8 Å². The molecule has 1 unspecified atom stereocenters. The van der Waals surface area contributed by atoms with Crippen LogP contribution in [0.5, 0.6) is 0 Å². The topological polar surface area (TPSA) is 82.7 Å². The Labute approximate surface area is 136 Å². The Kier molecular flexibility index (Phi) is 6.14. The fourth-order valence-corrected chi connectivity index (χ4v) is 3.45. The van der Waals surface area contributed by atoms with E-state index in [1.807, 2.05) is 13.0 Å². The van der Waals surface area contributed by atoms with Gasteiger partial charge in [-0.25, -0.2) is 4.99 Å². The van der Waals surface area contributed by atoms with Gasteiger partial charge in [-0.1, -0.05) is 19.0 Å². The second-order valence-electron chi connectivity index (χ2n) is 5.95. The smallest absolute Gasteiger partial charge is 0.191 e. The zero-order valence-electron chi connectivity index (χ0n) is 13.6. The van der Waals surface area contributed by atoms with E-state index in [2.05, 4.69) is 34.6 Å². The predicted octanol–water partition coefficient (Wildman–Crippen LogP) is 1.72. The summed E-state index contributed by atoms with van der Waals surface area (Å²) in [6.45, 7) is 7.89. The Bertz CT molecular complexity index is 495. The molecule has 3 N–H and O–H groups in total. The van der Waals surface area contributed by atoms with Gasteiger partial charge in [0.2, 0.25) is 0 Å². The maximum Gasteiger partial charge on any atom is 0.191 e. The minimum atomic E-state index is -0.627. The predicted molar refractivity (Wildman–Crippen MR) is 90.3 cm³/mol. The molecule has 1 atom stereocenters. The average Bonchev–Trinajstić information content (AvgIpc) is 3.11. The van der Waals surface area contributed by atoms with Crippen molar-refractivity contribution in [3.63, 3.8) is 0 Å². The molecule has 7 heteroatoms. The SMILES string of the molecule is CCNC(=NCc1cc(C(C)C)no1)NCC1(O)CCSC1. The third-order valence-corrected chi connectivity index (χ3v) is 4.81. The van der Waals surface area contributed by atoms with E-state index in [1.165, 1.54) is 0 Å². The summed E-state index contributed by atoms with van der Waals surface area (Å²) < 4.78 is 5.29. The van der Waals surface area contributed by atoms with Crippen LogP contribution in [-0.2, 0) is 6.54 Å². The van der Waals surface area contributed by atoms with Crippen molar-refractivity contribution < 1.29 is 9.63 Å². The molecule has 0 amide bonds. The first kappa shape index (κ1) is 17.1. The monoisotopic (exact) mass is 326 g/mol. The molecule has 124 valence electrons. The summed E-state index contributed by atoms with van der Waals surface area (Å²) in [5.41, 5.74) is 0.318. The molecule has 1 aromatic heterocycles. The van der Waals surface area contributed by atoms with Crippen molar-refractivity contribution in [1.29, 1.82) is 0 Å². The van der Waals surface area contributed by atoms with Crippen LogP contribution in [-0.4, -0.2) is 46.4 Å². The van der Waals surface area contributed by atoms with Crippen molar-refractivity contribution in [2.45, 2.75) is 45.3 Å². The van der Waals surface area contributed by atoms with Gasteiger partial charge in [0.15, 0.2) is 11.7 Å². The van der Waals surface area contributed by atoms with E-state index in [4.69, 9.17) is 4.52 Å². The Balaban J connectivity index is 1.91. The summed E-state index contributed by atoms with van der Waals surface area (Å²) in [4.78, 5) is 4.49. The number of hydrogen-bond acceptors (Lipinski definition) is 5. The van der Waals surface area contributed by atoms with E-state index in [0.29, 0.717) is 25.0 Å². The van der Waals surface area contributed by atoms with Gasteiger partial charge in [-0.2, -0.15) is 11.8 Å². The number of aliphatic imine (C=N–C) groups is 1. The number of rotatable bonds is 6. The van der Waals surface area contributed by atoms with Crippen LogP contribution in [0.25, 0.3) is 0 Å². The first-order valence-electron chi connectivity index (χ1n) is 7.80. The van der Waals surface area contributed by atoms with Crippen molar-refractivity contribution in [3.8, 4) is 0 Å². The molecule has 22 heavy (non-hydrogen) atoms. The normalized spacial score (nSPS) is 22.3. The number of nitrogens with one attached hydrogen (secondary N) is 2. The molecule has 1 aliphatic heterocycles. The van der Waals surface area contributed by atoms with Crippen LogP contribution in [0.4, 0.5) is 0 Å². The molecule has 0 spiro atoms. The molecule has 1 aliphatic rings. The minimum Gasteiger partial charge on any atom is -0.387 e. The van der Waals surface area contributed by atoms with Crippen LogP contribution < -0.4 is 10.6 Å². The molecule has 6 nitrogen and oxygen atoms in total. The summed E-state index contributed by atoms with van der Waals surface area (Å²) in [5, 5.41) is 20.8. The second kappa shape index (κ2) is 7.87. The van der Waals surface area contributed by atoms with Gasteiger partial charge >= 0.3 is 0 Å². The van der Waals surface area contributed by atoms with Crippen molar-refractivity contribution in [3.05, 3.63) is 17.5 Å². The molecule has 2 heterocycles. The maximum absolute atomic E-state index is 10.4. The fraction of sp³-hybridized carbons (Fsp3) is 0.733. The highest BCUT2D eigenvalue weighted by Crippen LogP contribution is 2.26. The van der Waals surface area contributed by atoms with E-state index in [-0.39, 0.29) is 0 Å². The lowest BCUT2D eigenvalue weighted by atomic mass is 10.0. The van der Waals surface area contributed by atoms with E-state index in [1.54, 1.807) is 11.8 Å². The molecular weight excluding hydrogens is 300 g/mol.